The summed E-state index contributed by atoms with van der Waals surface area (Å²) in [7, 11) is 0. The average Bonchev–Trinajstić information content (AvgIpc) is 2.70. The maximum atomic E-state index is 11.1. The number of rotatable bonds is 3. The van der Waals surface area contributed by atoms with Crippen LogP contribution in [0.5, 0.6) is 0 Å². The summed E-state index contributed by atoms with van der Waals surface area (Å²) in [5.41, 5.74) is 0. The third-order valence-corrected chi connectivity index (χ3v) is 2.22. The Morgan fingerprint density at radius 1 is 1.47 bits per heavy atom. The number of esters is 2. The number of ether oxygens (including phenoxy) is 3. The van der Waals surface area contributed by atoms with Crippen molar-refractivity contribution >= 4 is 11.9 Å². The van der Waals surface area contributed by atoms with E-state index in [1.807, 2.05) is 0 Å². The van der Waals surface area contributed by atoms with Crippen LogP contribution < -0.4 is 0 Å². The van der Waals surface area contributed by atoms with E-state index in [0.717, 1.165) is 12.8 Å². The van der Waals surface area contributed by atoms with Crippen molar-refractivity contribution in [3.05, 3.63) is 0 Å². The van der Waals surface area contributed by atoms with E-state index in [-0.39, 0.29) is 12.7 Å². The van der Waals surface area contributed by atoms with Gasteiger partial charge >= 0.3 is 11.9 Å². The van der Waals surface area contributed by atoms with E-state index in [4.69, 9.17) is 9.47 Å². The Morgan fingerprint density at radius 3 is 2.73 bits per heavy atom. The van der Waals surface area contributed by atoms with Crippen LogP contribution in [0.1, 0.15) is 26.7 Å². The van der Waals surface area contributed by atoms with Crippen molar-refractivity contribution in [3.63, 3.8) is 0 Å². The number of hydrogen-bond donors (Lipinski definition) is 0. The molecule has 2 atom stereocenters. The monoisotopic (exact) mass is 216 g/mol. The third-order valence-electron chi connectivity index (χ3n) is 2.22. The van der Waals surface area contributed by atoms with Crippen molar-refractivity contribution in [1.82, 2.24) is 0 Å². The van der Waals surface area contributed by atoms with Crippen molar-refractivity contribution in [2.45, 2.75) is 38.9 Å². The van der Waals surface area contributed by atoms with Crippen LogP contribution in [0.4, 0.5) is 0 Å². The smallest absolute Gasteiger partial charge is 0.417 e. The van der Waals surface area contributed by atoms with Crippen molar-refractivity contribution < 1.29 is 23.8 Å². The Morgan fingerprint density at radius 2 is 2.20 bits per heavy atom. The van der Waals surface area contributed by atoms with Crippen LogP contribution in [0.25, 0.3) is 0 Å². The van der Waals surface area contributed by atoms with Gasteiger partial charge in [0, 0.05) is 6.61 Å². The van der Waals surface area contributed by atoms with Crippen LogP contribution in [-0.4, -0.2) is 37.4 Å². The maximum Gasteiger partial charge on any atom is 0.417 e. The normalized spacial score (nSPS) is 22.1. The fraction of sp³-hybridized carbons (Fsp3) is 0.800. The molecule has 0 aliphatic carbocycles. The van der Waals surface area contributed by atoms with Gasteiger partial charge in [0.2, 0.25) is 0 Å². The molecule has 1 heterocycles. The van der Waals surface area contributed by atoms with Gasteiger partial charge in [0.25, 0.3) is 0 Å². The van der Waals surface area contributed by atoms with Gasteiger partial charge in [-0.3, -0.25) is 0 Å². The Kier molecular flexibility index (Phi) is 4.55. The van der Waals surface area contributed by atoms with Gasteiger partial charge in [-0.1, -0.05) is 0 Å². The lowest BCUT2D eigenvalue weighted by Crippen LogP contribution is -2.31. The fourth-order valence-corrected chi connectivity index (χ4v) is 1.46. The van der Waals surface area contributed by atoms with Gasteiger partial charge in [-0.05, 0) is 26.7 Å². The summed E-state index contributed by atoms with van der Waals surface area (Å²) in [6.07, 6.45) is 1.33. The summed E-state index contributed by atoms with van der Waals surface area (Å²) in [4.78, 5) is 22.1. The lowest BCUT2D eigenvalue weighted by molar-refractivity contribution is -0.173. The summed E-state index contributed by atoms with van der Waals surface area (Å²) >= 11 is 0. The van der Waals surface area contributed by atoms with E-state index in [1.54, 1.807) is 13.8 Å². The predicted octanol–water partition coefficient (Wildman–Crippen LogP) is 0.660. The first-order chi connectivity index (χ1) is 7.15. The van der Waals surface area contributed by atoms with Crippen molar-refractivity contribution in [2.75, 3.05) is 13.2 Å². The average molecular weight is 216 g/mol. The second-order valence-corrected chi connectivity index (χ2v) is 3.38. The second-order valence-electron chi connectivity index (χ2n) is 3.38. The van der Waals surface area contributed by atoms with Crippen LogP contribution in [-0.2, 0) is 23.8 Å². The first kappa shape index (κ1) is 12.0. The molecule has 0 radical (unpaired) electrons. The highest BCUT2D eigenvalue weighted by molar-refractivity contribution is 6.29. The predicted molar refractivity (Wildman–Crippen MR) is 51.2 cm³/mol. The molecule has 0 saturated carbocycles. The van der Waals surface area contributed by atoms with Gasteiger partial charge in [0.15, 0.2) is 0 Å². The minimum atomic E-state index is -0.945. The van der Waals surface area contributed by atoms with Gasteiger partial charge in [0.05, 0.1) is 12.7 Å². The Labute approximate surface area is 88.7 Å². The molecular weight excluding hydrogens is 200 g/mol. The highest BCUT2D eigenvalue weighted by Gasteiger charge is 2.28. The topological polar surface area (TPSA) is 61.8 Å². The lowest BCUT2D eigenvalue weighted by Gasteiger charge is -2.18. The molecular formula is C10H16O5. The largest absolute Gasteiger partial charge is 0.458 e. The highest BCUT2D eigenvalue weighted by atomic mass is 16.6. The number of hydrogen-bond acceptors (Lipinski definition) is 5. The fourth-order valence-electron chi connectivity index (χ4n) is 1.46. The van der Waals surface area contributed by atoms with Crippen LogP contribution in [0.2, 0.25) is 0 Å². The summed E-state index contributed by atoms with van der Waals surface area (Å²) < 4.78 is 14.7. The Hall–Kier alpha value is -1.10. The zero-order valence-corrected chi connectivity index (χ0v) is 9.02. The molecule has 1 saturated heterocycles. The van der Waals surface area contributed by atoms with Gasteiger partial charge < -0.3 is 14.2 Å². The maximum absolute atomic E-state index is 11.1. The zero-order valence-electron chi connectivity index (χ0n) is 9.02. The molecule has 0 N–H and O–H groups in total. The quantitative estimate of drug-likeness (QED) is 0.512. The zero-order chi connectivity index (χ0) is 11.3. The molecule has 0 bridgehead atoms. The molecule has 2 unspecified atom stereocenters. The molecule has 0 aromatic carbocycles. The SMILES string of the molecule is CCOC(=O)C(=O)OC(C)C1CCCO1. The summed E-state index contributed by atoms with van der Waals surface area (Å²) in [5.74, 6) is -1.89. The lowest BCUT2D eigenvalue weighted by atomic mass is 10.1. The summed E-state index contributed by atoms with van der Waals surface area (Å²) in [5, 5.41) is 0. The molecule has 0 amide bonds. The van der Waals surface area contributed by atoms with Crippen molar-refractivity contribution in [2.24, 2.45) is 0 Å². The van der Waals surface area contributed by atoms with E-state index in [9.17, 15) is 9.59 Å². The van der Waals surface area contributed by atoms with Crippen LogP contribution in [0.3, 0.4) is 0 Å². The van der Waals surface area contributed by atoms with Gasteiger partial charge in [0.1, 0.15) is 6.10 Å². The van der Waals surface area contributed by atoms with Crippen LogP contribution >= 0.6 is 0 Å². The van der Waals surface area contributed by atoms with Crippen LogP contribution in [0, 0.1) is 0 Å². The highest BCUT2D eigenvalue weighted by Crippen LogP contribution is 2.17. The van der Waals surface area contributed by atoms with E-state index in [2.05, 4.69) is 4.74 Å². The molecule has 1 rings (SSSR count). The number of carbonyl (C=O) groups is 2. The van der Waals surface area contributed by atoms with Crippen molar-refractivity contribution in [3.8, 4) is 0 Å². The molecule has 5 heteroatoms. The van der Waals surface area contributed by atoms with E-state index in [0.29, 0.717) is 6.61 Å². The molecule has 5 nitrogen and oxygen atoms in total. The minimum absolute atomic E-state index is 0.0941. The van der Waals surface area contributed by atoms with Crippen molar-refractivity contribution in [1.29, 1.82) is 0 Å². The molecule has 1 aliphatic rings. The first-order valence-electron chi connectivity index (χ1n) is 5.14. The van der Waals surface area contributed by atoms with E-state index < -0.39 is 18.0 Å². The van der Waals surface area contributed by atoms with Crippen LogP contribution in [0.15, 0.2) is 0 Å². The molecule has 0 spiro atoms. The molecule has 15 heavy (non-hydrogen) atoms. The molecule has 0 aromatic rings. The van der Waals surface area contributed by atoms with Gasteiger partial charge in [-0.2, -0.15) is 0 Å². The Balaban J connectivity index is 2.33. The molecule has 1 fully saturated rings. The number of carbonyl (C=O) groups excluding carboxylic acids is 2. The third kappa shape index (κ3) is 3.51. The molecule has 86 valence electrons. The van der Waals surface area contributed by atoms with E-state index in [1.165, 1.54) is 0 Å². The van der Waals surface area contributed by atoms with E-state index >= 15 is 0 Å². The Bertz CT molecular complexity index is 232. The first-order valence-corrected chi connectivity index (χ1v) is 5.14. The molecule has 1 aliphatic heterocycles. The van der Waals surface area contributed by atoms with Gasteiger partial charge in [-0.15, -0.1) is 0 Å². The molecule has 0 aromatic heterocycles. The summed E-state index contributed by atoms with van der Waals surface area (Å²) in [6.45, 7) is 4.20. The van der Waals surface area contributed by atoms with Gasteiger partial charge in [-0.25, -0.2) is 9.59 Å². The second kappa shape index (κ2) is 5.70. The summed E-state index contributed by atoms with van der Waals surface area (Å²) in [6, 6.07) is 0. The standard InChI is InChI=1S/C10H16O5/c1-3-13-9(11)10(12)15-7(2)8-5-4-6-14-8/h7-8H,3-6H2,1-2H3. The minimum Gasteiger partial charge on any atom is -0.458 e.